The topological polar surface area (TPSA) is 69.6 Å². The van der Waals surface area contributed by atoms with E-state index in [1.54, 1.807) is 25.4 Å². The molecule has 2 N–H and O–H groups in total. The van der Waals surface area contributed by atoms with E-state index in [0.29, 0.717) is 12.5 Å². The van der Waals surface area contributed by atoms with Gasteiger partial charge in [0.2, 0.25) is 5.91 Å². The Hall–Kier alpha value is -1.63. The second-order valence-corrected chi connectivity index (χ2v) is 6.27. The molecule has 0 spiro atoms. The van der Waals surface area contributed by atoms with Crippen LogP contribution in [0.5, 0.6) is 0 Å². The molecule has 1 rings (SSSR count). The van der Waals surface area contributed by atoms with Crippen molar-refractivity contribution in [3.63, 3.8) is 0 Å². The highest BCUT2D eigenvalue weighted by Gasteiger charge is 2.05. The van der Waals surface area contributed by atoms with Crippen molar-refractivity contribution in [3.8, 4) is 0 Å². The fourth-order valence-corrected chi connectivity index (χ4v) is 2.22. The van der Waals surface area contributed by atoms with Crippen molar-refractivity contribution in [2.24, 2.45) is 4.99 Å². The molecule has 1 heterocycles. The van der Waals surface area contributed by atoms with Crippen LogP contribution in [-0.4, -0.2) is 48.9 Å². The molecule has 0 saturated heterocycles. The van der Waals surface area contributed by atoms with Gasteiger partial charge in [-0.15, -0.1) is 11.3 Å². The van der Waals surface area contributed by atoms with Gasteiger partial charge in [0.05, 0.1) is 6.54 Å². The lowest BCUT2D eigenvalue weighted by molar-refractivity contribution is -0.127. The monoisotopic (exact) mass is 311 g/mol. The van der Waals surface area contributed by atoms with Crippen molar-refractivity contribution in [2.45, 2.75) is 33.2 Å². The number of amides is 1. The Morgan fingerprint density at radius 2 is 2.19 bits per heavy atom. The molecular formula is C14H25N5OS. The lowest BCUT2D eigenvalue weighted by atomic mass is 10.3. The van der Waals surface area contributed by atoms with Crippen LogP contribution in [0.1, 0.15) is 29.7 Å². The van der Waals surface area contributed by atoms with Gasteiger partial charge in [0.1, 0.15) is 11.6 Å². The van der Waals surface area contributed by atoms with Gasteiger partial charge in [0.15, 0.2) is 5.96 Å². The number of unbranched alkanes of at least 4 members (excludes halogenated alkanes) is 1. The fraction of sp³-hybridized carbons (Fsp3) is 0.643. The van der Waals surface area contributed by atoms with Crippen LogP contribution in [0.3, 0.4) is 0 Å². The Balaban J connectivity index is 2.54. The summed E-state index contributed by atoms with van der Waals surface area (Å²) >= 11 is 1.66. The Labute approximate surface area is 130 Å². The zero-order valence-electron chi connectivity index (χ0n) is 13.3. The molecule has 0 aromatic carbocycles. The summed E-state index contributed by atoms with van der Waals surface area (Å²) < 4.78 is 0. The molecular weight excluding hydrogens is 286 g/mol. The first-order valence-electron chi connectivity index (χ1n) is 7.16. The maximum Gasteiger partial charge on any atom is 0.243 e. The smallest absolute Gasteiger partial charge is 0.243 e. The highest BCUT2D eigenvalue weighted by Crippen LogP contribution is 2.10. The van der Waals surface area contributed by atoms with Gasteiger partial charge in [-0.3, -0.25) is 4.79 Å². The number of aryl methyl sites for hydroxylation is 1. The number of aromatic nitrogens is 1. The van der Waals surface area contributed by atoms with E-state index in [1.807, 2.05) is 13.1 Å². The predicted molar refractivity (Wildman–Crippen MR) is 87.6 cm³/mol. The van der Waals surface area contributed by atoms with Gasteiger partial charge in [-0.2, -0.15) is 0 Å². The number of aliphatic imine (C=N–C) groups is 1. The zero-order chi connectivity index (χ0) is 15.7. The van der Waals surface area contributed by atoms with E-state index < -0.39 is 0 Å². The number of nitrogens with zero attached hydrogens (tertiary/aromatic N) is 3. The van der Waals surface area contributed by atoms with Crippen molar-refractivity contribution in [1.82, 2.24) is 20.5 Å². The van der Waals surface area contributed by atoms with Gasteiger partial charge >= 0.3 is 0 Å². The Bertz CT molecular complexity index is 470. The Morgan fingerprint density at radius 3 is 2.76 bits per heavy atom. The molecule has 0 aliphatic heterocycles. The number of nitrogens with one attached hydrogen (secondary N) is 2. The predicted octanol–water partition coefficient (Wildman–Crippen LogP) is 1.38. The molecule has 0 bridgehead atoms. The first-order chi connectivity index (χ1) is 10.0. The van der Waals surface area contributed by atoms with E-state index in [2.05, 4.69) is 27.5 Å². The first kappa shape index (κ1) is 17.4. The molecule has 0 saturated carbocycles. The molecule has 1 aromatic heterocycles. The number of thiazole rings is 1. The standard InChI is InChI=1S/C14H25N5OS/c1-5-6-7-15-14(18-10-13(20)19(3)4)17-9-12-16-8-11(2)21-12/h8H,5-7,9-10H2,1-4H3,(H2,15,17,18). The number of likely N-dealkylation sites (N-methyl/N-ethyl adjacent to an activating group) is 1. The molecule has 0 fully saturated rings. The van der Waals surface area contributed by atoms with E-state index in [0.717, 1.165) is 24.4 Å². The fourth-order valence-electron chi connectivity index (χ4n) is 1.49. The van der Waals surface area contributed by atoms with Crippen molar-refractivity contribution in [1.29, 1.82) is 0 Å². The highest BCUT2D eigenvalue weighted by atomic mass is 32.1. The van der Waals surface area contributed by atoms with E-state index in [-0.39, 0.29) is 12.5 Å². The molecule has 21 heavy (non-hydrogen) atoms. The minimum Gasteiger partial charge on any atom is -0.356 e. The summed E-state index contributed by atoms with van der Waals surface area (Å²) in [5, 5.41) is 7.47. The van der Waals surface area contributed by atoms with Gasteiger partial charge in [-0.25, -0.2) is 9.98 Å². The van der Waals surface area contributed by atoms with E-state index in [4.69, 9.17) is 0 Å². The highest BCUT2D eigenvalue weighted by molar-refractivity contribution is 7.11. The summed E-state index contributed by atoms with van der Waals surface area (Å²) in [5.41, 5.74) is 0. The van der Waals surface area contributed by atoms with Crippen LogP contribution in [0.15, 0.2) is 11.2 Å². The molecule has 6 nitrogen and oxygen atoms in total. The summed E-state index contributed by atoms with van der Waals surface area (Å²) in [6.45, 7) is 5.78. The third kappa shape index (κ3) is 7.08. The second kappa shape index (κ2) is 9.33. The molecule has 0 unspecified atom stereocenters. The third-order valence-corrected chi connectivity index (χ3v) is 3.68. The summed E-state index contributed by atoms with van der Waals surface area (Å²) in [5.74, 6) is 0.642. The molecule has 0 radical (unpaired) electrons. The van der Waals surface area contributed by atoms with Crippen molar-refractivity contribution in [2.75, 3.05) is 27.2 Å². The number of hydrogen-bond acceptors (Lipinski definition) is 4. The lowest BCUT2D eigenvalue weighted by Gasteiger charge is -2.12. The van der Waals surface area contributed by atoms with Crippen molar-refractivity contribution >= 4 is 23.2 Å². The minimum atomic E-state index is -0.0170. The minimum absolute atomic E-state index is 0.0170. The van der Waals surface area contributed by atoms with E-state index in [1.165, 1.54) is 9.78 Å². The van der Waals surface area contributed by atoms with Crippen LogP contribution in [0.4, 0.5) is 0 Å². The van der Waals surface area contributed by atoms with Gasteiger partial charge in [0, 0.05) is 31.7 Å². The molecule has 7 heteroatoms. The maximum absolute atomic E-state index is 11.6. The molecule has 1 aromatic rings. The van der Waals surface area contributed by atoms with Crippen molar-refractivity contribution in [3.05, 3.63) is 16.1 Å². The summed E-state index contributed by atoms with van der Waals surface area (Å²) in [4.78, 5) is 23.0. The largest absolute Gasteiger partial charge is 0.356 e. The van der Waals surface area contributed by atoms with Crippen LogP contribution in [0.2, 0.25) is 0 Å². The number of hydrogen-bond donors (Lipinski definition) is 2. The average molecular weight is 311 g/mol. The number of rotatable bonds is 7. The second-order valence-electron chi connectivity index (χ2n) is 4.95. The molecule has 0 atom stereocenters. The number of carbonyl (C=O) groups is 1. The van der Waals surface area contributed by atoms with Crippen LogP contribution >= 0.6 is 11.3 Å². The van der Waals surface area contributed by atoms with Crippen LogP contribution in [-0.2, 0) is 11.3 Å². The van der Waals surface area contributed by atoms with Crippen LogP contribution in [0.25, 0.3) is 0 Å². The summed E-state index contributed by atoms with van der Waals surface area (Å²) in [6, 6.07) is 0. The molecule has 1 amide bonds. The van der Waals surface area contributed by atoms with Crippen molar-refractivity contribution < 1.29 is 4.79 Å². The number of carbonyl (C=O) groups excluding carboxylic acids is 1. The summed E-state index contributed by atoms with van der Waals surface area (Å²) in [6.07, 6.45) is 4.04. The Kier molecular flexibility index (Phi) is 7.74. The molecule has 0 aliphatic rings. The van der Waals surface area contributed by atoms with Gasteiger partial charge < -0.3 is 15.5 Å². The van der Waals surface area contributed by atoms with E-state index in [9.17, 15) is 4.79 Å². The molecule has 118 valence electrons. The zero-order valence-corrected chi connectivity index (χ0v) is 14.1. The lowest BCUT2D eigenvalue weighted by Crippen LogP contribution is -2.38. The summed E-state index contributed by atoms with van der Waals surface area (Å²) in [7, 11) is 3.46. The SMILES string of the molecule is CCCCNC(=NCC(=O)N(C)C)NCc1ncc(C)s1. The average Bonchev–Trinajstić information content (AvgIpc) is 2.86. The third-order valence-electron chi connectivity index (χ3n) is 2.77. The van der Waals surface area contributed by atoms with Crippen LogP contribution < -0.4 is 10.6 Å². The first-order valence-corrected chi connectivity index (χ1v) is 7.98. The van der Waals surface area contributed by atoms with Gasteiger partial charge in [-0.05, 0) is 13.3 Å². The normalized spacial score (nSPS) is 11.3. The maximum atomic E-state index is 11.6. The Morgan fingerprint density at radius 1 is 1.43 bits per heavy atom. The van der Waals surface area contributed by atoms with Crippen LogP contribution in [0, 0.1) is 6.92 Å². The van der Waals surface area contributed by atoms with Gasteiger partial charge in [0.25, 0.3) is 0 Å². The van der Waals surface area contributed by atoms with E-state index >= 15 is 0 Å². The quantitative estimate of drug-likeness (QED) is 0.453. The van der Waals surface area contributed by atoms with Gasteiger partial charge in [-0.1, -0.05) is 13.3 Å². The molecule has 0 aliphatic carbocycles. The number of guanidine groups is 1.